The zero-order valence-electron chi connectivity index (χ0n) is 14.6. The fraction of sp³-hybridized carbons (Fsp3) is 0.188. The van der Waals surface area contributed by atoms with Gasteiger partial charge in [0.2, 0.25) is 11.6 Å². The van der Waals surface area contributed by atoms with Gasteiger partial charge in [-0.3, -0.25) is 30.7 Å². The number of hydrogen-bond donors (Lipinski definition) is 3. The van der Waals surface area contributed by atoms with Gasteiger partial charge in [0.05, 0.1) is 16.8 Å². The van der Waals surface area contributed by atoms with Gasteiger partial charge >= 0.3 is 5.69 Å². The van der Waals surface area contributed by atoms with E-state index < -0.39 is 10.8 Å². The van der Waals surface area contributed by atoms with Gasteiger partial charge in [0.1, 0.15) is 6.33 Å². The molecule has 144 valence electrons. The number of nitrogens with zero attached hydrogens (tertiary/aromatic N) is 6. The minimum absolute atomic E-state index is 0.0590. The molecule has 0 spiro atoms. The van der Waals surface area contributed by atoms with E-state index in [1.165, 1.54) is 18.7 Å². The average molecular weight is 383 g/mol. The highest BCUT2D eigenvalue weighted by molar-refractivity contribution is 5.94. The maximum atomic E-state index is 12.1. The first-order valence-electron chi connectivity index (χ1n) is 8.30. The van der Waals surface area contributed by atoms with Crippen LogP contribution in [0, 0.1) is 10.1 Å². The molecular formula is C16H17N9O3. The third-order valence-electron chi connectivity index (χ3n) is 3.67. The molecule has 3 rings (SSSR count). The Morgan fingerprint density at radius 3 is 2.79 bits per heavy atom. The van der Waals surface area contributed by atoms with Crippen LogP contribution in [0.3, 0.4) is 0 Å². The van der Waals surface area contributed by atoms with Crippen LogP contribution in [0.5, 0.6) is 0 Å². The van der Waals surface area contributed by atoms with Crippen LogP contribution in [0.2, 0.25) is 0 Å². The fourth-order valence-electron chi connectivity index (χ4n) is 2.35. The van der Waals surface area contributed by atoms with E-state index in [0.717, 1.165) is 0 Å². The average Bonchev–Trinajstić information content (AvgIpc) is 3.23. The van der Waals surface area contributed by atoms with Gasteiger partial charge in [0.25, 0.3) is 5.91 Å². The molecule has 0 fully saturated rings. The topological polar surface area (TPSA) is 153 Å². The number of carbonyl (C=O) groups is 1. The highest BCUT2D eigenvalue weighted by Gasteiger charge is 2.23. The summed E-state index contributed by atoms with van der Waals surface area (Å²) < 4.78 is 1.90. The number of amides is 1. The van der Waals surface area contributed by atoms with Crippen molar-refractivity contribution in [3.05, 3.63) is 65.3 Å². The molecule has 0 aliphatic carbocycles. The number of nitrogens with one attached hydrogen (secondary N) is 3. The van der Waals surface area contributed by atoms with Gasteiger partial charge in [-0.1, -0.05) is 0 Å². The summed E-state index contributed by atoms with van der Waals surface area (Å²) in [6, 6.07) is 3.17. The largest absolute Gasteiger partial charge is 0.364 e. The number of hydrogen-bond acceptors (Lipinski definition) is 9. The van der Waals surface area contributed by atoms with Crippen LogP contribution >= 0.6 is 0 Å². The first kappa shape index (κ1) is 18.7. The first-order valence-corrected chi connectivity index (χ1v) is 8.30. The van der Waals surface area contributed by atoms with Crippen molar-refractivity contribution < 1.29 is 9.72 Å². The van der Waals surface area contributed by atoms with Crippen molar-refractivity contribution in [2.24, 2.45) is 0 Å². The molecule has 3 N–H and O–H groups in total. The van der Waals surface area contributed by atoms with Crippen molar-refractivity contribution in [3.63, 3.8) is 0 Å². The van der Waals surface area contributed by atoms with E-state index >= 15 is 0 Å². The predicted octanol–water partition coefficient (Wildman–Crippen LogP) is 1.24. The lowest BCUT2D eigenvalue weighted by molar-refractivity contribution is -0.383. The quantitative estimate of drug-likeness (QED) is 0.281. The molecule has 0 atom stereocenters. The lowest BCUT2D eigenvalue weighted by Gasteiger charge is -2.11. The number of aromatic nitrogens is 5. The number of hydrazine groups is 1. The number of imidazole rings is 1. The van der Waals surface area contributed by atoms with Gasteiger partial charge in [-0.2, -0.15) is 0 Å². The second-order valence-corrected chi connectivity index (χ2v) is 5.58. The predicted molar refractivity (Wildman–Crippen MR) is 99.3 cm³/mol. The van der Waals surface area contributed by atoms with E-state index in [0.29, 0.717) is 25.1 Å². The van der Waals surface area contributed by atoms with Gasteiger partial charge in [0, 0.05) is 37.9 Å². The second-order valence-electron chi connectivity index (χ2n) is 5.58. The maximum Gasteiger partial charge on any atom is 0.354 e. The molecule has 0 aliphatic rings. The Bertz CT molecular complexity index is 932. The van der Waals surface area contributed by atoms with Crippen molar-refractivity contribution in [1.82, 2.24) is 29.9 Å². The molecule has 28 heavy (non-hydrogen) atoms. The molecule has 1 amide bonds. The highest BCUT2D eigenvalue weighted by atomic mass is 16.6. The third kappa shape index (κ3) is 4.75. The minimum atomic E-state index is -0.614. The first-order chi connectivity index (χ1) is 13.6. The molecule has 0 aromatic carbocycles. The molecule has 0 bridgehead atoms. The molecular weight excluding hydrogens is 366 g/mol. The van der Waals surface area contributed by atoms with E-state index in [1.54, 1.807) is 24.7 Å². The molecule has 12 heteroatoms. The Hall–Kier alpha value is -4.09. The number of rotatable bonds is 9. The van der Waals surface area contributed by atoms with Crippen molar-refractivity contribution in [1.29, 1.82) is 0 Å². The summed E-state index contributed by atoms with van der Waals surface area (Å²) in [7, 11) is 0. The Morgan fingerprint density at radius 2 is 2.07 bits per heavy atom. The number of carbonyl (C=O) groups excluding carboxylic acids is 1. The molecule has 0 unspecified atom stereocenters. The van der Waals surface area contributed by atoms with Crippen LogP contribution < -0.4 is 16.2 Å². The second kappa shape index (κ2) is 9.02. The summed E-state index contributed by atoms with van der Waals surface area (Å²) in [6.07, 6.45) is 9.99. The molecule has 0 saturated carbocycles. The monoisotopic (exact) mass is 383 g/mol. The minimum Gasteiger partial charge on any atom is -0.364 e. The molecule has 3 aromatic heterocycles. The smallest absolute Gasteiger partial charge is 0.354 e. The Balaban J connectivity index is 1.63. The summed E-state index contributed by atoms with van der Waals surface area (Å²) >= 11 is 0. The molecule has 12 nitrogen and oxygen atoms in total. The van der Waals surface area contributed by atoms with Crippen LogP contribution in [-0.2, 0) is 6.54 Å². The number of pyridine rings is 1. The Kier molecular flexibility index (Phi) is 6.02. The summed E-state index contributed by atoms with van der Waals surface area (Å²) in [4.78, 5) is 38.5. The lowest BCUT2D eigenvalue weighted by atomic mass is 10.3. The number of nitro groups is 1. The standard InChI is InChI=1S/C16H17N9O3/c26-16(12-3-1-4-17-9-12)23-22-15-13(25(27)28)14(20-10-21-15)19-5-2-7-24-8-6-18-11-24/h1,3-4,6,8-11H,2,5,7H2,(H,23,26)(H2,19,20,21,22). The normalized spacial score (nSPS) is 10.3. The SMILES string of the molecule is O=C(NNc1ncnc(NCCCn2ccnc2)c1[N+](=O)[O-])c1cccnc1. The van der Waals surface area contributed by atoms with Crippen LogP contribution in [0.4, 0.5) is 17.3 Å². The summed E-state index contributed by atoms with van der Waals surface area (Å²) in [5.41, 5.74) is 4.77. The van der Waals surface area contributed by atoms with Gasteiger partial charge in [-0.25, -0.2) is 15.0 Å². The summed E-state index contributed by atoms with van der Waals surface area (Å²) in [5.74, 6) is -0.575. The van der Waals surface area contributed by atoms with Crippen molar-refractivity contribution in [2.75, 3.05) is 17.3 Å². The zero-order valence-corrected chi connectivity index (χ0v) is 14.6. The zero-order chi connectivity index (χ0) is 19.8. The van der Waals surface area contributed by atoms with E-state index in [2.05, 4.69) is 36.1 Å². The summed E-state index contributed by atoms with van der Waals surface area (Å²) in [5, 5.41) is 14.4. The van der Waals surface area contributed by atoms with E-state index in [9.17, 15) is 14.9 Å². The Morgan fingerprint density at radius 1 is 1.21 bits per heavy atom. The van der Waals surface area contributed by atoms with E-state index in [4.69, 9.17) is 0 Å². The lowest BCUT2D eigenvalue weighted by Crippen LogP contribution is -2.30. The number of anilines is 2. The summed E-state index contributed by atoms with van der Waals surface area (Å²) in [6.45, 7) is 1.16. The third-order valence-corrected chi connectivity index (χ3v) is 3.67. The van der Waals surface area contributed by atoms with Crippen LogP contribution in [-0.4, -0.2) is 41.9 Å². The van der Waals surface area contributed by atoms with Gasteiger partial charge in [0.15, 0.2) is 0 Å². The number of aryl methyl sites for hydroxylation is 1. The molecule has 0 aliphatic heterocycles. The van der Waals surface area contributed by atoms with Crippen LogP contribution in [0.15, 0.2) is 49.6 Å². The molecule has 3 heterocycles. The van der Waals surface area contributed by atoms with Crippen LogP contribution in [0.1, 0.15) is 16.8 Å². The maximum absolute atomic E-state index is 12.1. The molecule has 0 radical (unpaired) electrons. The Labute approximate surface area is 159 Å². The van der Waals surface area contributed by atoms with Crippen LogP contribution in [0.25, 0.3) is 0 Å². The van der Waals surface area contributed by atoms with Gasteiger partial charge < -0.3 is 9.88 Å². The highest BCUT2D eigenvalue weighted by Crippen LogP contribution is 2.28. The van der Waals surface area contributed by atoms with E-state index in [1.807, 2.05) is 10.8 Å². The van der Waals surface area contributed by atoms with Crippen molar-refractivity contribution in [3.8, 4) is 0 Å². The van der Waals surface area contributed by atoms with Crippen molar-refractivity contribution >= 4 is 23.2 Å². The van der Waals surface area contributed by atoms with Crippen molar-refractivity contribution in [2.45, 2.75) is 13.0 Å². The van der Waals surface area contributed by atoms with E-state index in [-0.39, 0.29) is 17.3 Å². The molecule has 3 aromatic rings. The van der Waals surface area contributed by atoms with Gasteiger partial charge in [-0.15, -0.1) is 0 Å². The molecule has 0 saturated heterocycles. The van der Waals surface area contributed by atoms with Gasteiger partial charge in [-0.05, 0) is 18.6 Å². The fourth-order valence-corrected chi connectivity index (χ4v) is 2.35.